The molecule has 2 aromatic carbocycles. The van der Waals surface area contributed by atoms with Crippen molar-refractivity contribution in [2.75, 3.05) is 0 Å². The predicted octanol–water partition coefficient (Wildman–Crippen LogP) is 5.62. The Morgan fingerprint density at radius 3 is 1.47 bits per heavy atom. The first-order chi connectivity index (χ1) is 15.8. The van der Waals surface area contributed by atoms with Gasteiger partial charge >= 0.3 is 0 Å². The molecule has 32 heavy (non-hydrogen) atoms. The van der Waals surface area contributed by atoms with Crippen LogP contribution < -0.4 is 0 Å². The van der Waals surface area contributed by atoms with Crippen LogP contribution in [0.4, 0.5) is 0 Å². The molecular formula is C28H34O4. The van der Waals surface area contributed by atoms with Crippen molar-refractivity contribution < 1.29 is 18.9 Å². The molecule has 0 aromatic heterocycles. The minimum absolute atomic E-state index is 0.0217. The molecule has 0 bridgehead atoms. The summed E-state index contributed by atoms with van der Waals surface area (Å²) in [6.45, 7) is 9.06. The largest absolute Gasteiger partial charge is 0.369 e. The van der Waals surface area contributed by atoms with Gasteiger partial charge in [0.15, 0.2) is 0 Å². The fourth-order valence-corrected chi connectivity index (χ4v) is 4.60. The van der Waals surface area contributed by atoms with Gasteiger partial charge in [-0.15, -0.1) is 13.2 Å². The number of benzene rings is 2. The van der Waals surface area contributed by atoms with E-state index in [1.165, 1.54) is 0 Å². The third-order valence-corrected chi connectivity index (χ3v) is 6.35. The topological polar surface area (TPSA) is 36.9 Å². The second-order valence-corrected chi connectivity index (χ2v) is 8.57. The maximum absolute atomic E-state index is 6.39. The lowest BCUT2D eigenvalue weighted by Gasteiger charge is -2.25. The van der Waals surface area contributed by atoms with Crippen molar-refractivity contribution in [1.82, 2.24) is 0 Å². The van der Waals surface area contributed by atoms with Crippen LogP contribution in [0.5, 0.6) is 0 Å². The average Bonchev–Trinajstić information content (AvgIpc) is 3.52. The van der Waals surface area contributed by atoms with Gasteiger partial charge in [-0.1, -0.05) is 72.8 Å². The Morgan fingerprint density at radius 1 is 0.688 bits per heavy atom. The molecule has 0 unspecified atom stereocenters. The molecule has 0 aliphatic carbocycles. The molecule has 170 valence electrons. The summed E-state index contributed by atoms with van der Waals surface area (Å²) in [5.41, 5.74) is 2.31. The fraction of sp³-hybridized carbons (Fsp3) is 0.429. The van der Waals surface area contributed by atoms with Crippen molar-refractivity contribution in [3.05, 3.63) is 97.1 Å². The van der Waals surface area contributed by atoms with E-state index in [0.717, 1.165) is 36.8 Å². The Bertz CT molecular complexity index is 766. The van der Waals surface area contributed by atoms with Gasteiger partial charge in [0.2, 0.25) is 0 Å². The molecule has 0 radical (unpaired) electrons. The van der Waals surface area contributed by atoms with Crippen LogP contribution in [-0.2, 0) is 32.2 Å². The Morgan fingerprint density at radius 2 is 1.09 bits per heavy atom. The molecule has 0 N–H and O–H groups in total. The highest BCUT2D eigenvalue weighted by molar-refractivity contribution is 5.14. The summed E-state index contributed by atoms with van der Waals surface area (Å²) < 4.78 is 25.0. The van der Waals surface area contributed by atoms with Crippen molar-refractivity contribution in [3.8, 4) is 0 Å². The van der Waals surface area contributed by atoms with Crippen LogP contribution in [0.2, 0.25) is 0 Å². The van der Waals surface area contributed by atoms with E-state index in [-0.39, 0.29) is 36.6 Å². The van der Waals surface area contributed by atoms with E-state index in [1.807, 2.05) is 48.6 Å². The van der Waals surface area contributed by atoms with Gasteiger partial charge in [-0.3, -0.25) is 0 Å². The molecule has 4 nitrogen and oxygen atoms in total. The molecule has 4 rings (SSSR count). The van der Waals surface area contributed by atoms with E-state index in [4.69, 9.17) is 18.9 Å². The third kappa shape index (κ3) is 5.96. The fourth-order valence-electron chi connectivity index (χ4n) is 4.60. The molecular weight excluding hydrogens is 400 g/mol. The normalized spacial score (nSPS) is 27.1. The quantitative estimate of drug-likeness (QED) is 0.430. The molecule has 2 aliphatic rings. The highest BCUT2D eigenvalue weighted by Crippen LogP contribution is 2.34. The zero-order valence-electron chi connectivity index (χ0n) is 18.7. The van der Waals surface area contributed by atoms with Crippen molar-refractivity contribution in [3.63, 3.8) is 0 Å². The molecule has 2 aromatic rings. The first-order valence-corrected chi connectivity index (χ1v) is 11.6. The standard InChI is InChI=1S/C28H34O4/c1-3-23(29-19-21-11-7-5-8-12-21)25-15-17-27(31-25)28-18-16-26(32-28)24(4-2)30-20-22-13-9-6-10-14-22/h3-14,23-28H,1-2,15-20H2/t23-,24-,25-,26-,27-,28-/m1/s1. The second-order valence-electron chi connectivity index (χ2n) is 8.57. The molecule has 2 heterocycles. The summed E-state index contributed by atoms with van der Waals surface area (Å²) in [6.07, 6.45) is 7.57. The minimum atomic E-state index is -0.118. The minimum Gasteiger partial charge on any atom is -0.369 e. The number of rotatable bonds is 11. The Kier molecular flexibility index (Phi) is 8.30. The summed E-state index contributed by atoms with van der Waals surface area (Å²) in [5, 5.41) is 0. The van der Waals surface area contributed by atoms with Crippen molar-refractivity contribution in [1.29, 1.82) is 0 Å². The first-order valence-electron chi connectivity index (χ1n) is 11.6. The monoisotopic (exact) mass is 434 g/mol. The van der Waals surface area contributed by atoms with Gasteiger partial charge in [-0.25, -0.2) is 0 Å². The van der Waals surface area contributed by atoms with E-state index in [0.29, 0.717) is 13.2 Å². The van der Waals surface area contributed by atoms with E-state index in [1.54, 1.807) is 0 Å². The molecule has 0 amide bonds. The van der Waals surface area contributed by atoms with Crippen LogP contribution in [0, 0.1) is 0 Å². The van der Waals surface area contributed by atoms with Gasteiger partial charge in [0.25, 0.3) is 0 Å². The average molecular weight is 435 g/mol. The maximum atomic E-state index is 6.39. The smallest absolute Gasteiger partial charge is 0.102 e. The van der Waals surface area contributed by atoms with Gasteiger partial charge in [-0.05, 0) is 36.8 Å². The second kappa shape index (κ2) is 11.6. The molecule has 4 heteroatoms. The number of hydrogen-bond acceptors (Lipinski definition) is 4. The van der Waals surface area contributed by atoms with Gasteiger partial charge in [0.05, 0.1) is 37.6 Å². The van der Waals surface area contributed by atoms with Crippen LogP contribution in [0.15, 0.2) is 86.0 Å². The van der Waals surface area contributed by atoms with Gasteiger partial charge < -0.3 is 18.9 Å². The Labute approximate surface area is 191 Å². The third-order valence-electron chi connectivity index (χ3n) is 6.35. The van der Waals surface area contributed by atoms with E-state index in [2.05, 4.69) is 37.4 Å². The molecule has 2 fully saturated rings. The van der Waals surface area contributed by atoms with Crippen molar-refractivity contribution in [2.45, 2.75) is 75.5 Å². The van der Waals surface area contributed by atoms with Crippen molar-refractivity contribution >= 4 is 0 Å². The zero-order chi connectivity index (χ0) is 22.2. The van der Waals surface area contributed by atoms with Crippen LogP contribution in [0.25, 0.3) is 0 Å². The molecule has 2 saturated heterocycles. The lowest BCUT2D eigenvalue weighted by Crippen LogP contribution is -2.33. The lowest BCUT2D eigenvalue weighted by molar-refractivity contribution is -0.115. The SMILES string of the molecule is C=C[C@@H](OCc1ccccc1)[C@H]1CC[C@H]([C@H]2CC[C@H]([C@@H](C=C)OCc3ccccc3)O2)O1. The lowest BCUT2D eigenvalue weighted by atomic mass is 10.0. The maximum Gasteiger partial charge on any atom is 0.102 e. The van der Waals surface area contributed by atoms with Gasteiger partial charge in [0.1, 0.15) is 12.2 Å². The number of hydrogen-bond donors (Lipinski definition) is 0. The van der Waals surface area contributed by atoms with Crippen LogP contribution in [0.1, 0.15) is 36.8 Å². The van der Waals surface area contributed by atoms with Gasteiger partial charge in [0, 0.05) is 0 Å². The highest BCUT2D eigenvalue weighted by Gasteiger charge is 2.41. The summed E-state index contributed by atoms with van der Waals surface area (Å²) in [4.78, 5) is 0. The Balaban J connectivity index is 1.25. The molecule has 6 atom stereocenters. The zero-order valence-corrected chi connectivity index (χ0v) is 18.7. The first kappa shape index (κ1) is 22.9. The van der Waals surface area contributed by atoms with Crippen LogP contribution in [0.3, 0.4) is 0 Å². The highest BCUT2D eigenvalue weighted by atomic mass is 16.6. The summed E-state index contributed by atoms with van der Waals surface area (Å²) in [6, 6.07) is 20.4. The predicted molar refractivity (Wildman–Crippen MR) is 126 cm³/mol. The summed E-state index contributed by atoms with van der Waals surface area (Å²) in [7, 11) is 0. The molecule has 0 spiro atoms. The summed E-state index contributed by atoms with van der Waals surface area (Å²) in [5.74, 6) is 0. The Hall–Kier alpha value is -2.24. The van der Waals surface area contributed by atoms with Crippen LogP contribution in [-0.4, -0.2) is 36.6 Å². The van der Waals surface area contributed by atoms with E-state index in [9.17, 15) is 0 Å². The molecule has 0 saturated carbocycles. The summed E-state index contributed by atoms with van der Waals surface area (Å²) >= 11 is 0. The molecule has 2 aliphatic heterocycles. The van der Waals surface area contributed by atoms with E-state index >= 15 is 0 Å². The van der Waals surface area contributed by atoms with Crippen molar-refractivity contribution in [2.24, 2.45) is 0 Å². The van der Waals surface area contributed by atoms with Crippen LogP contribution >= 0.6 is 0 Å². The van der Waals surface area contributed by atoms with E-state index < -0.39 is 0 Å². The van der Waals surface area contributed by atoms with Gasteiger partial charge in [-0.2, -0.15) is 0 Å². The number of ether oxygens (including phenoxy) is 4.